The van der Waals surface area contributed by atoms with Gasteiger partial charge in [-0.2, -0.15) is 0 Å². The smallest absolute Gasteiger partial charge is 0.300 e. The van der Waals surface area contributed by atoms with E-state index in [-0.39, 0.29) is 11.3 Å². The van der Waals surface area contributed by atoms with Crippen LogP contribution < -0.4 is 4.90 Å². The van der Waals surface area contributed by atoms with Crippen molar-refractivity contribution in [3.63, 3.8) is 0 Å². The fourth-order valence-electron chi connectivity index (χ4n) is 3.71. The first-order valence-corrected chi connectivity index (χ1v) is 9.47. The van der Waals surface area contributed by atoms with E-state index in [0.29, 0.717) is 11.3 Å². The molecule has 0 aliphatic carbocycles. The highest BCUT2D eigenvalue weighted by molar-refractivity contribution is 6.51. The molecule has 1 N–H and O–H groups in total. The zero-order chi connectivity index (χ0) is 20.5. The van der Waals surface area contributed by atoms with Gasteiger partial charge in [-0.1, -0.05) is 77.9 Å². The third-order valence-electron chi connectivity index (χ3n) is 5.16. The quantitative estimate of drug-likeness (QED) is 0.396. The fraction of sp³-hybridized carbons (Fsp3) is 0.120. The Morgan fingerprint density at radius 2 is 1.52 bits per heavy atom. The van der Waals surface area contributed by atoms with Crippen molar-refractivity contribution >= 4 is 23.1 Å². The van der Waals surface area contributed by atoms with Crippen molar-refractivity contribution in [2.24, 2.45) is 0 Å². The number of nitrogens with zero attached hydrogens (tertiary/aromatic N) is 1. The van der Waals surface area contributed by atoms with Crippen molar-refractivity contribution in [1.82, 2.24) is 0 Å². The van der Waals surface area contributed by atoms with E-state index in [0.717, 1.165) is 16.7 Å². The Morgan fingerprint density at radius 3 is 2.17 bits per heavy atom. The molecule has 4 heteroatoms. The third kappa shape index (κ3) is 3.34. The molecular weight excluding hydrogens is 362 g/mol. The van der Waals surface area contributed by atoms with E-state index in [2.05, 4.69) is 0 Å². The Bertz CT molecular complexity index is 1110. The predicted molar refractivity (Wildman–Crippen MR) is 114 cm³/mol. The van der Waals surface area contributed by atoms with Gasteiger partial charge < -0.3 is 5.11 Å². The highest BCUT2D eigenvalue weighted by atomic mass is 16.3. The van der Waals surface area contributed by atoms with E-state index >= 15 is 0 Å². The van der Waals surface area contributed by atoms with Crippen LogP contribution in [0, 0.1) is 13.8 Å². The summed E-state index contributed by atoms with van der Waals surface area (Å²) in [4.78, 5) is 27.5. The number of hydrogen-bond acceptors (Lipinski definition) is 3. The van der Waals surface area contributed by atoms with Crippen LogP contribution in [-0.4, -0.2) is 16.8 Å². The number of anilines is 1. The highest BCUT2D eigenvalue weighted by Gasteiger charge is 2.46. The van der Waals surface area contributed by atoms with Crippen molar-refractivity contribution in [3.8, 4) is 0 Å². The number of ketones is 1. The lowest BCUT2D eigenvalue weighted by atomic mass is 9.94. The van der Waals surface area contributed by atoms with Crippen molar-refractivity contribution in [2.45, 2.75) is 19.9 Å². The van der Waals surface area contributed by atoms with Crippen molar-refractivity contribution < 1.29 is 14.7 Å². The summed E-state index contributed by atoms with van der Waals surface area (Å²) in [6.45, 7) is 3.92. The maximum atomic E-state index is 13.0. The minimum Gasteiger partial charge on any atom is -0.507 e. The highest BCUT2D eigenvalue weighted by Crippen LogP contribution is 2.42. The third-order valence-corrected chi connectivity index (χ3v) is 5.16. The number of benzene rings is 3. The van der Waals surface area contributed by atoms with Crippen LogP contribution in [0.4, 0.5) is 5.69 Å². The van der Waals surface area contributed by atoms with Crippen LogP contribution in [0.25, 0.3) is 5.76 Å². The first-order valence-electron chi connectivity index (χ1n) is 9.47. The molecule has 0 aromatic heterocycles. The second kappa shape index (κ2) is 7.40. The van der Waals surface area contributed by atoms with Gasteiger partial charge in [0.1, 0.15) is 5.76 Å². The summed E-state index contributed by atoms with van der Waals surface area (Å²) in [5.74, 6) is -1.48. The van der Waals surface area contributed by atoms with Gasteiger partial charge in [-0.25, -0.2) is 0 Å². The number of rotatable bonds is 3. The molecule has 1 aliphatic heterocycles. The van der Waals surface area contributed by atoms with Crippen LogP contribution in [0.1, 0.15) is 28.3 Å². The number of aliphatic hydroxyl groups is 1. The molecule has 3 aromatic carbocycles. The number of carbonyl (C=O) groups is 2. The van der Waals surface area contributed by atoms with Gasteiger partial charge in [0.25, 0.3) is 11.7 Å². The largest absolute Gasteiger partial charge is 0.507 e. The van der Waals surface area contributed by atoms with Gasteiger partial charge in [-0.3, -0.25) is 14.5 Å². The van der Waals surface area contributed by atoms with Crippen LogP contribution in [0.3, 0.4) is 0 Å². The molecule has 1 fully saturated rings. The molecule has 0 bridgehead atoms. The Hall–Kier alpha value is -3.66. The number of amides is 1. The second-order valence-corrected chi connectivity index (χ2v) is 7.28. The Balaban J connectivity index is 1.96. The van der Waals surface area contributed by atoms with E-state index in [1.807, 2.05) is 68.4 Å². The van der Waals surface area contributed by atoms with Gasteiger partial charge >= 0.3 is 0 Å². The Morgan fingerprint density at radius 1 is 0.828 bits per heavy atom. The number of aliphatic hydroxyl groups excluding tert-OH is 1. The zero-order valence-corrected chi connectivity index (χ0v) is 16.3. The molecule has 1 amide bonds. The molecule has 0 radical (unpaired) electrons. The standard InChI is InChI=1S/C25H21NO3/c1-16-11-13-20(14-12-16)26-22(19-10-6-7-17(2)15-19)21(24(28)25(26)29)23(27)18-8-4-3-5-9-18/h3-15,22,27H,1-2H3/b23-21-. The molecule has 1 saturated heterocycles. The number of hydrogen-bond donors (Lipinski definition) is 1. The van der Waals surface area contributed by atoms with Crippen LogP contribution in [-0.2, 0) is 9.59 Å². The van der Waals surface area contributed by atoms with E-state index in [1.54, 1.807) is 24.3 Å². The minimum absolute atomic E-state index is 0.104. The lowest BCUT2D eigenvalue weighted by Crippen LogP contribution is -2.29. The van der Waals surface area contributed by atoms with Crippen molar-refractivity contribution in [3.05, 3.63) is 107 Å². The fourth-order valence-corrected chi connectivity index (χ4v) is 3.71. The van der Waals surface area contributed by atoms with E-state index in [4.69, 9.17) is 0 Å². The van der Waals surface area contributed by atoms with Gasteiger partial charge in [-0.15, -0.1) is 0 Å². The molecule has 1 atom stereocenters. The molecule has 4 nitrogen and oxygen atoms in total. The topological polar surface area (TPSA) is 57.6 Å². The molecular formula is C25H21NO3. The van der Waals surface area contributed by atoms with E-state index in [1.165, 1.54) is 4.90 Å². The molecule has 1 unspecified atom stereocenters. The summed E-state index contributed by atoms with van der Waals surface area (Å²) in [5, 5.41) is 11.0. The van der Waals surface area contributed by atoms with Crippen LogP contribution in [0.5, 0.6) is 0 Å². The predicted octanol–water partition coefficient (Wildman–Crippen LogP) is 4.93. The average molecular weight is 383 g/mol. The lowest BCUT2D eigenvalue weighted by molar-refractivity contribution is -0.132. The molecule has 144 valence electrons. The zero-order valence-electron chi connectivity index (χ0n) is 16.3. The van der Waals surface area contributed by atoms with Crippen LogP contribution in [0.2, 0.25) is 0 Å². The monoisotopic (exact) mass is 383 g/mol. The molecule has 3 aromatic rings. The molecule has 29 heavy (non-hydrogen) atoms. The summed E-state index contributed by atoms with van der Waals surface area (Å²) in [7, 11) is 0. The first-order chi connectivity index (χ1) is 14.0. The maximum Gasteiger partial charge on any atom is 0.300 e. The summed E-state index contributed by atoms with van der Waals surface area (Å²) in [6.07, 6.45) is 0. The van der Waals surface area contributed by atoms with Gasteiger partial charge in [0.15, 0.2) is 0 Å². The first kappa shape index (κ1) is 18.7. The summed E-state index contributed by atoms with van der Waals surface area (Å²) >= 11 is 0. The molecule has 4 rings (SSSR count). The van der Waals surface area contributed by atoms with Crippen molar-refractivity contribution in [1.29, 1.82) is 0 Å². The SMILES string of the molecule is Cc1ccc(N2C(=O)C(=O)/C(=C(\O)c3ccccc3)C2c2cccc(C)c2)cc1. The number of aryl methyl sites for hydroxylation is 2. The summed E-state index contributed by atoms with van der Waals surface area (Å²) in [5.41, 5.74) is 4.08. The Labute approximate surface area is 169 Å². The van der Waals surface area contributed by atoms with Crippen LogP contribution in [0.15, 0.2) is 84.4 Å². The van der Waals surface area contributed by atoms with E-state index in [9.17, 15) is 14.7 Å². The van der Waals surface area contributed by atoms with Crippen molar-refractivity contribution in [2.75, 3.05) is 4.90 Å². The normalized spacial score (nSPS) is 18.3. The number of carbonyl (C=O) groups excluding carboxylic acids is 2. The van der Waals surface area contributed by atoms with Gasteiger partial charge in [0, 0.05) is 11.3 Å². The summed E-state index contributed by atoms with van der Waals surface area (Å²) in [6, 6.07) is 23.3. The van der Waals surface area contributed by atoms with Gasteiger partial charge in [-0.05, 0) is 31.5 Å². The van der Waals surface area contributed by atoms with Gasteiger partial charge in [0.05, 0.1) is 11.6 Å². The lowest BCUT2D eigenvalue weighted by Gasteiger charge is -2.25. The van der Waals surface area contributed by atoms with Crippen LogP contribution >= 0.6 is 0 Å². The minimum atomic E-state index is -0.696. The average Bonchev–Trinajstić information content (AvgIpc) is 3.00. The maximum absolute atomic E-state index is 13.0. The summed E-state index contributed by atoms with van der Waals surface area (Å²) < 4.78 is 0. The number of Topliss-reactive ketones (excluding diaryl/α,β-unsaturated/α-hetero) is 1. The Kier molecular flexibility index (Phi) is 4.77. The molecule has 1 aliphatic rings. The second-order valence-electron chi connectivity index (χ2n) is 7.28. The van der Waals surface area contributed by atoms with E-state index < -0.39 is 17.7 Å². The van der Waals surface area contributed by atoms with Gasteiger partial charge in [0.2, 0.25) is 0 Å². The molecule has 1 heterocycles. The molecule has 0 spiro atoms. The molecule has 0 saturated carbocycles.